The Morgan fingerprint density at radius 3 is 2.42 bits per heavy atom. The van der Waals surface area contributed by atoms with E-state index in [1.54, 1.807) is 78.9 Å². The number of para-hydroxylation sites is 2. The fourth-order valence-electron chi connectivity index (χ4n) is 3.21. The lowest BCUT2D eigenvalue weighted by Crippen LogP contribution is -2.44. The van der Waals surface area contributed by atoms with Crippen molar-refractivity contribution in [2.45, 2.75) is 0 Å². The maximum atomic E-state index is 12.8. The van der Waals surface area contributed by atoms with Crippen molar-refractivity contribution < 1.29 is 23.9 Å². The van der Waals surface area contributed by atoms with Crippen LogP contribution in [0.2, 0.25) is 0 Å². The molecule has 0 bridgehead atoms. The molecular formula is C26H21N3O5S2. The highest BCUT2D eigenvalue weighted by Crippen LogP contribution is 2.31. The van der Waals surface area contributed by atoms with E-state index in [0.717, 1.165) is 22.3 Å². The van der Waals surface area contributed by atoms with E-state index < -0.39 is 11.8 Å². The van der Waals surface area contributed by atoms with Gasteiger partial charge in [-0.05, 0) is 60.3 Å². The first kappa shape index (κ1) is 25.0. The van der Waals surface area contributed by atoms with E-state index in [4.69, 9.17) is 21.7 Å². The number of thioether (sulfide) groups is 1. The molecule has 0 unspecified atom stereocenters. The number of hydrogen-bond acceptors (Lipinski definition) is 7. The third-order valence-electron chi connectivity index (χ3n) is 4.97. The molecule has 36 heavy (non-hydrogen) atoms. The van der Waals surface area contributed by atoms with Crippen LogP contribution in [0.15, 0.2) is 83.8 Å². The SMILES string of the molecule is COc1ccccc1NC(=O)COc1ccc(/C=C2\SC(=S)N(NC(=O)c3ccccc3)C2=O)cc1. The molecule has 0 saturated carbocycles. The third-order valence-corrected chi connectivity index (χ3v) is 6.27. The first-order valence-corrected chi connectivity index (χ1v) is 12.0. The summed E-state index contributed by atoms with van der Waals surface area (Å²) in [4.78, 5) is 37.8. The van der Waals surface area contributed by atoms with Crippen molar-refractivity contribution >= 4 is 57.8 Å². The van der Waals surface area contributed by atoms with E-state index in [1.807, 2.05) is 6.07 Å². The van der Waals surface area contributed by atoms with Crippen molar-refractivity contribution in [3.05, 3.63) is 94.9 Å². The molecule has 3 aromatic carbocycles. The van der Waals surface area contributed by atoms with Crippen LogP contribution in [0.25, 0.3) is 6.08 Å². The maximum absolute atomic E-state index is 12.8. The van der Waals surface area contributed by atoms with Gasteiger partial charge in [-0.2, -0.15) is 5.01 Å². The van der Waals surface area contributed by atoms with E-state index in [1.165, 1.54) is 7.11 Å². The van der Waals surface area contributed by atoms with Crippen LogP contribution < -0.4 is 20.2 Å². The predicted molar refractivity (Wildman–Crippen MR) is 142 cm³/mol. The monoisotopic (exact) mass is 519 g/mol. The number of anilines is 1. The minimum atomic E-state index is -0.426. The van der Waals surface area contributed by atoms with Gasteiger partial charge in [0.1, 0.15) is 11.5 Å². The summed E-state index contributed by atoms with van der Waals surface area (Å²) in [5.41, 5.74) is 4.26. The van der Waals surface area contributed by atoms with Gasteiger partial charge in [-0.1, -0.05) is 54.2 Å². The number of thiocarbonyl (C=S) groups is 1. The van der Waals surface area contributed by atoms with Crippen LogP contribution in [0.4, 0.5) is 5.69 Å². The van der Waals surface area contributed by atoms with Crippen molar-refractivity contribution in [2.24, 2.45) is 0 Å². The molecule has 0 radical (unpaired) electrons. The second-order valence-electron chi connectivity index (χ2n) is 7.43. The predicted octanol–water partition coefficient (Wildman–Crippen LogP) is 4.26. The zero-order chi connectivity index (χ0) is 25.5. The number of nitrogens with one attached hydrogen (secondary N) is 2. The van der Waals surface area contributed by atoms with Crippen molar-refractivity contribution in [2.75, 3.05) is 19.0 Å². The summed E-state index contributed by atoms with van der Waals surface area (Å²) in [5.74, 6) is -0.123. The molecule has 0 aromatic heterocycles. The summed E-state index contributed by atoms with van der Waals surface area (Å²) >= 11 is 6.36. The van der Waals surface area contributed by atoms with Gasteiger partial charge in [0.05, 0.1) is 17.7 Å². The Kier molecular flexibility index (Phi) is 7.99. The highest BCUT2D eigenvalue weighted by Gasteiger charge is 2.33. The Balaban J connectivity index is 1.33. The van der Waals surface area contributed by atoms with Gasteiger partial charge in [0.25, 0.3) is 17.7 Å². The molecule has 0 atom stereocenters. The molecule has 1 saturated heterocycles. The Bertz CT molecular complexity index is 1330. The van der Waals surface area contributed by atoms with Crippen molar-refractivity contribution in [3.63, 3.8) is 0 Å². The summed E-state index contributed by atoms with van der Waals surface area (Å²) in [6.07, 6.45) is 1.67. The van der Waals surface area contributed by atoms with Crippen LogP contribution in [0.1, 0.15) is 15.9 Å². The number of rotatable bonds is 8. The zero-order valence-corrected chi connectivity index (χ0v) is 20.7. The van der Waals surface area contributed by atoms with Crippen LogP contribution in [0.3, 0.4) is 0 Å². The molecule has 4 rings (SSSR count). The van der Waals surface area contributed by atoms with Crippen LogP contribution in [0, 0.1) is 0 Å². The van der Waals surface area contributed by atoms with Crippen LogP contribution in [-0.4, -0.2) is 40.8 Å². The van der Waals surface area contributed by atoms with Gasteiger partial charge >= 0.3 is 0 Å². The molecule has 10 heteroatoms. The van der Waals surface area contributed by atoms with Gasteiger partial charge in [-0.15, -0.1) is 0 Å². The molecule has 8 nitrogen and oxygen atoms in total. The first-order valence-electron chi connectivity index (χ1n) is 10.7. The highest BCUT2D eigenvalue weighted by molar-refractivity contribution is 8.26. The summed E-state index contributed by atoms with van der Waals surface area (Å²) in [7, 11) is 1.53. The van der Waals surface area contributed by atoms with Crippen molar-refractivity contribution in [1.29, 1.82) is 0 Å². The number of hydrazine groups is 1. The van der Waals surface area contributed by atoms with E-state index in [9.17, 15) is 14.4 Å². The average molecular weight is 520 g/mol. The number of nitrogens with zero attached hydrogens (tertiary/aromatic N) is 1. The largest absolute Gasteiger partial charge is 0.495 e. The van der Waals surface area contributed by atoms with Gasteiger partial charge in [0, 0.05) is 5.56 Å². The standard InChI is InChI=1S/C26H21N3O5S2/c1-33-21-10-6-5-9-20(21)27-23(30)16-34-19-13-11-17(12-14-19)15-22-25(32)29(26(35)36-22)28-24(31)18-7-3-2-4-8-18/h2-15H,16H2,1H3,(H,27,30)(H,28,31)/b22-15-. The summed E-state index contributed by atoms with van der Waals surface area (Å²) in [5, 5.41) is 3.81. The highest BCUT2D eigenvalue weighted by atomic mass is 32.2. The molecule has 2 N–H and O–H groups in total. The quantitative estimate of drug-likeness (QED) is 0.339. The zero-order valence-electron chi connectivity index (χ0n) is 19.1. The lowest BCUT2D eigenvalue weighted by molar-refractivity contribution is -0.123. The average Bonchev–Trinajstić information content (AvgIpc) is 3.16. The lowest BCUT2D eigenvalue weighted by Gasteiger charge is -2.15. The summed E-state index contributed by atoms with van der Waals surface area (Å²) < 4.78 is 11.0. The molecule has 1 aliphatic heterocycles. The van der Waals surface area contributed by atoms with E-state index in [0.29, 0.717) is 27.7 Å². The van der Waals surface area contributed by atoms with E-state index in [2.05, 4.69) is 10.7 Å². The second-order valence-corrected chi connectivity index (χ2v) is 9.11. The molecule has 1 heterocycles. The summed E-state index contributed by atoms with van der Waals surface area (Å²) in [6, 6.07) is 22.6. The minimum absolute atomic E-state index is 0.183. The smallest absolute Gasteiger partial charge is 0.285 e. The number of methoxy groups -OCH3 is 1. The van der Waals surface area contributed by atoms with Crippen molar-refractivity contribution in [1.82, 2.24) is 10.4 Å². The van der Waals surface area contributed by atoms with Gasteiger partial charge in [0.2, 0.25) is 0 Å². The molecule has 182 valence electrons. The number of carbonyl (C=O) groups excluding carboxylic acids is 3. The Morgan fingerprint density at radius 1 is 1.00 bits per heavy atom. The molecule has 0 spiro atoms. The van der Waals surface area contributed by atoms with Crippen LogP contribution in [-0.2, 0) is 9.59 Å². The fourth-order valence-corrected chi connectivity index (χ4v) is 4.39. The molecular weight excluding hydrogens is 498 g/mol. The molecule has 3 amide bonds. The van der Waals surface area contributed by atoms with Crippen LogP contribution in [0.5, 0.6) is 11.5 Å². The van der Waals surface area contributed by atoms with Gasteiger partial charge in [0.15, 0.2) is 10.9 Å². The minimum Gasteiger partial charge on any atom is -0.495 e. The van der Waals surface area contributed by atoms with Gasteiger partial charge < -0.3 is 14.8 Å². The lowest BCUT2D eigenvalue weighted by atomic mass is 10.2. The van der Waals surface area contributed by atoms with E-state index >= 15 is 0 Å². The van der Waals surface area contributed by atoms with Gasteiger partial charge in [-0.3, -0.25) is 19.8 Å². The molecule has 1 fully saturated rings. The second kappa shape index (κ2) is 11.5. The third kappa shape index (κ3) is 6.09. The fraction of sp³-hybridized carbons (Fsp3) is 0.0769. The maximum Gasteiger partial charge on any atom is 0.285 e. The normalized spacial score (nSPS) is 14.0. The Morgan fingerprint density at radius 2 is 1.69 bits per heavy atom. The first-order chi connectivity index (χ1) is 17.4. The molecule has 3 aromatic rings. The topological polar surface area (TPSA) is 97.0 Å². The Labute approximate surface area is 217 Å². The summed E-state index contributed by atoms with van der Waals surface area (Å²) in [6.45, 7) is -0.183. The van der Waals surface area contributed by atoms with Gasteiger partial charge in [-0.25, -0.2) is 0 Å². The Hall–Kier alpha value is -4.15. The van der Waals surface area contributed by atoms with E-state index in [-0.39, 0.29) is 16.8 Å². The van der Waals surface area contributed by atoms with Crippen molar-refractivity contribution in [3.8, 4) is 11.5 Å². The van der Waals surface area contributed by atoms with Crippen LogP contribution >= 0.6 is 24.0 Å². The molecule has 1 aliphatic rings. The number of amides is 3. The number of ether oxygens (including phenoxy) is 2. The number of hydrogen-bond donors (Lipinski definition) is 2. The number of carbonyl (C=O) groups is 3. The number of benzene rings is 3. The molecule has 0 aliphatic carbocycles.